The molecule has 3 unspecified atom stereocenters. The Morgan fingerprint density at radius 2 is 2.16 bits per heavy atom. The molecule has 3 rings (SSSR count). The van der Waals surface area contributed by atoms with Crippen LogP contribution >= 0.6 is 11.6 Å². The number of ether oxygens (including phenoxy) is 1. The number of fused-ring (bicyclic) bond motifs is 2. The summed E-state index contributed by atoms with van der Waals surface area (Å²) in [7, 11) is 3.88. The smallest absolute Gasteiger partial charge is 0.322 e. The fourth-order valence-electron chi connectivity index (χ4n) is 3.44. The molecule has 0 bridgehead atoms. The topological polar surface area (TPSA) is 70.7 Å². The van der Waals surface area contributed by atoms with E-state index < -0.39 is 11.6 Å². The maximum Gasteiger partial charge on any atom is 0.322 e. The van der Waals surface area contributed by atoms with Gasteiger partial charge >= 0.3 is 6.03 Å². The summed E-state index contributed by atoms with van der Waals surface area (Å²) in [6.45, 7) is 2.01. The van der Waals surface area contributed by atoms with Crippen molar-refractivity contribution in [3.05, 3.63) is 29.3 Å². The number of rotatable bonds is 5. The van der Waals surface area contributed by atoms with Gasteiger partial charge in [-0.3, -0.25) is 15.0 Å². The zero-order chi connectivity index (χ0) is 18.2. The highest BCUT2D eigenvalue weighted by atomic mass is 35.5. The van der Waals surface area contributed by atoms with Crippen molar-refractivity contribution in [1.82, 2.24) is 15.5 Å². The third-order valence-electron chi connectivity index (χ3n) is 4.96. The van der Waals surface area contributed by atoms with Gasteiger partial charge in [0, 0.05) is 12.0 Å². The molecule has 3 atom stereocenters. The molecule has 1 spiro atoms. The molecule has 2 aliphatic heterocycles. The number of amides is 3. The molecule has 2 N–H and O–H groups in total. The summed E-state index contributed by atoms with van der Waals surface area (Å²) >= 11 is 6.29. The molecule has 1 aromatic rings. The van der Waals surface area contributed by atoms with Gasteiger partial charge in [0.1, 0.15) is 11.9 Å². The summed E-state index contributed by atoms with van der Waals surface area (Å²) < 4.78 is 6.00. The SMILES string of the molecule is CCC1CC2(NC(=O)NC2=O)c2cc(CCC(Cl)N(C)C)ccc2O1. The lowest BCUT2D eigenvalue weighted by Crippen LogP contribution is -2.50. The van der Waals surface area contributed by atoms with E-state index >= 15 is 0 Å². The molecule has 0 radical (unpaired) electrons. The van der Waals surface area contributed by atoms with Gasteiger partial charge in [-0.05, 0) is 51.1 Å². The third-order valence-corrected chi connectivity index (χ3v) is 5.57. The molecule has 136 valence electrons. The number of aryl methyl sites for hydroxylation is 1. The van der Waals surface area contributed by atoms with Crippen molar-refractivity contribution in [1.29, 1.82) is 0 Å². The highest BCUT2D eigenvalue weighted by Crippen LogP contribution is 2.42. The lowest BCUT2D eigenvalue weighted by atomic mass is 9.80. The van der Waals surface area contributed by atoms with Gasteiger partial charge in [-0.15, -0.1) is 11.6 Å². The Hall–Kier alpha value is -1.79. The normalized spacial score (nSPS) is 26.2. The van der Waals surface area contributed by atoms with Gasteiger partial charge in [-0.1, -0.05) is 13.0 Å². The number of alkyl halides is 1. The predicted molar refractivity (Wildman–Crippen MR) is 95.8 cm³/mol. The fraction of sp³-hybridized carbons (Fsp3) is 0.556. The van der Waals surface area contributed by atoms with Crippen molar-refractivity contribution in [2.24, 2.45) is 0 Å². The number of hydrogen-bond acceptors (Lipinski definition) is 4. The highest BCUT2D eigenvalue weighted by Gasteiger charge is 2.52. The van der Waals surface area contributed by atoms with Gasteiger partial charge in [0.25, 0.3) is 5.91 Å². The first-order valence-electron chi connectivity index (χ1n) is 8.60. The quantitative estimate of drug-likeness (QED) is 0.477. The number of imide groups is 1. The monoisotopic (exact) mass is 365 g/mol. The molecular formula is C18H24ClN3O3. The minimum absolute atomic E-state index is 0.0554. The van der Waals surface area contributed by atoms with Crippen molar-refractivity contribution >= 4 is 23.5 Å². The summed E-state index contributed by atoms with van der Waals surface area (Å²) in [5, 5.41) is 5.21. The van der Waals surface area contributed by atoms with E-state index in [0.29, 0.717) is 12.2 Å². The van der Waals surface area contributed by atoms with Crippen LogP contribution in [0.2, 0.25) is 0 Å². The summed E-state index contributed by atoms with van der Waals surface area (Å²) in [6.07, 6.45) is 2.67. The molecule has 1 fully saturated rings. The Bertz CT molecular complexity index is 694. The van der Waals surface area contributed by atoms with Gasteiger partial charge in [0.15, 0.2) is 5.54 Å². The molecule has 0 aliphatic carbocycles. The van der Waals surface area contributed by atoms with Crippen LogP contribution < -0.4 is 15.4 Å². The molecular weight excluding hydrogens is 342 g/mol. The third kappa shape index (κ3) is 3.33. The van der Waals surface area contributed by atoms with Gasteiger partial charge < -0.3 is 10.1 Å². The van der Waals surface area contributed by atoms with Gasteiger partial charge in [-0.2, -0.15) is 0 Å². The second-order valence-corrected chi connectivity index (χ2v) is 7.44. The van der Waals surface area contributed by atoms with E-state index in [-0.39, 0.29) is 17.5 Å². The second-order valence-electron chi connectivity index (χ2n) is 6.93. The Balaban J connectivity index is 1.93. The average molecular weight is 366 g/mol. The van der Waals surface area contributed by atoms with E-state index in [0.717, 1.165) is 30.4 Å². The van der Waals surface area contributed by atoms with E-state index in [2.05, 4.69) is 10.6 Å². The molecule has 3 amide bonds. The molecule has 1 aromatic carbocycles. The molecule has 2 heterocycles. The zero-order valence-corrected chi connectivity index (χ0v) is 15.5. The number of nitrogens with zero attached hydrogens (tertiary/aromatic N) is 1. The van der Waals surface area contributed by atoms with E-state index in [4.69, 9.17) is 16.3 Å². The number of carbonyl (C=O) groups excluding carboxylic acids is 2. The van der Waals surface area contributed by atoms with Gasteiger partial charge in [-0.25, -0.2) is 4.79 Å². The Kier molecular flexibility index (Phi) is 4.93. The number of nitrogens with one attached hydrogen (secondary N) is 2. The molecule has 7 heteroatoms. The van der Waals surface area contributed by atoms with Crippen molar-refractivity contribution in [2.75, 3.05) is 14.1 Å². The Morgan fingerprint density at radius 3 is 2.76 bits per heavy atom. The number of carbonyl (C=O) groups is 2. The van der Waals surface area contributed by atoms with Crippen LogP contribution in [0.25, 0.3) is 0 Å². The Morgan fingerprint density at radius 1 is 1.40 bits per heavy atom. The average Bonchev–Trinajstić information content (AvgIpc) is 2.86. The number of hydrogen-bond donors (Lipinski definition) is 2. The first kappa shape index (κ1) is 18.0. The number of urea groups is 1. The van der Waals surface area contributed by atoms with Crippen LogP contribution in [0.4, 0.5) is 4.79 Å². The Labute approximate surface area is 152 Å². The predicted octanol–water partition coefficient (Wildman–Crippen LogP) is 2.34. The molecule has 0 saturated carbocycles. The van der Waals surface area contributed by atoms with Crippen LogP contribution in [0.1, 0.15) is 37.3 Å². The van der Waals surface area contributed by atoms with Crippen molar-refractivity contribution in [3.8, 4) is 5.75 Å². The van der Waals surface area contributed by atoms with Crippen LogP contribution in [0.15, 0.2) is 18.2 Å². The standard InChI is InChI=1S/C18H24ClN3O3/c1-4-12-10-18(16(23)20-17(24)21-18)13-9-11(5-7-14(13)25-12)6-8-15(19)22(2)3/h5,7,9,12,15H,4,6,8,10H2,1-3H3,(H2,20,21,23,24). The van der Waals surface area contributed by atoms with E-state index in [1.807, 2.05) is 44.1 Å². The molecule has 1 saturated heterocycles. The molecule has 6 nitrogen and oxygen atoms in total. The number of benzene rings is 1. The highest BCUT2D eigenvalue weighted by molar-refractivity contribution is 6.20. The van der Waals surface area contributed by atoms with Crippen LogP contribution in [-0.2, 0) is 16.8 Å². The van der Waals surface area contributed by atoms with Gasteiger partial charge in [0.2, 0.25) is 0 Å². The summed E-state index contributed by atoms with van der Waals surface area (Å²) in [5.41, 5.74) is 0.704. The summed E-state index contributed by atoms with van der Waals surface area (Å²) in [6, 6.07) is 5.40. The van der Waals surface area contributed by atoms with E-state index in [9.17, 15) is 9.59 Å². The number of halogens is 1. The minimum Gasteiger partial charge on any atom is -0.490 e. The molecule has 0 aromatic heterocycles. The molecule has 25 heavy (non-hydrogen) atoms. The fourth-order valence-corrected chi connectivity index (χ4v) is 3.55. The van der Waals surface area contributed by atoms with Crippen LogP contribution in [0, 0.1) is 0 Å². The van der Waals surface area contributed by atoms with Crippen molar-refractivity contribution < 1.29 is 14.3 Å². The van der Waals surface area contributed by atoms with Crippen molar-refractivity contribution in [2.45, 2.75) is 49.8 Å². The largest absolute Gasteiger partial charge is 0.490 e. The van der Waals surface area contributed by atoms with Crippen LogP contribution in [0.5, 0.6) is 5.75 Å². The maximum absolute atomic E-state index is 12.6. The van der Waals surface area contributed by atoms with Gasteiger partial charge in [0.05, 0.1) is 5.50 Å². The molecule has 2 aliphatic rings. The second kappa shape index (κ2) is 6.84. The lowest BCUT2D eigenvalue weighted by Gasteiger charge is -2.37. The maximum atomic E-state index is 12.6. The summed E-state index contributed by atoms with van der Waals surface area (Å²) in [4.78, 5) is 26.3. The lowest BCUT2D eigenvalue weighted by molar-refractivity contribution is -0.126. The summed E-state index contributed by atoms with van der Waals surface area (Å²) in [5.74, 6) is 0.357. The van der Waals surface area contributed by atoms with E-state index in [1.165, 1.54) is 0 Å². The first-order valence-corrected chi connectivity index (χ1v) is 9.03. The first-order chi connectivity index (χ1) is 11.9. The minimum atomic E-state index is -1.04. The van der Waals surface area contributed by atoms with Crippen molar-refractivity contribution in [3.63, 3.8) is 0 Å². The zero-order valence-electron chi connectivity index (χ0n) is 14.8. The van der Waals surface area contributed by atoms with Crippen LogP contribution in [0.3, 0.4) is 0 Å². The van der Waals surface area contributed by atoms with Crippen LogP contribution in [-0.4, -0.2) is 42.5 Å². The van der Waals surface area contributed by atoms with E-state index in [1.54, 1.807) is 0 Å².